The summed E-state index contributed by atoms with van der Waals surface area (Å²) in [4.78, 5) is 4.35. The molecule has 0 aliphatic heterocycles. The highest BCUT2D eigenvalue weighted by molar-refractivity contribution is 7.89. The van der Waals surface area contributed by atoms with Crippen LogP contribution in [0.1, 0.15) is 11.9 Å². The van der Waals surface area contributed by atoms with Crippen molar-refractivity contribution in [3.8, 4) is 0 Å². The van der Waals surface area contributed by atoms with Gasteiger partial charge in [-0.15, -0.1) is 11.3 Å². The van der Waals surface area contributed by atoms with Crippen LogP contribution in [0.3, 0.4) is 0 Å². The molecule has 1 aromatic carbocycles. The molecule has 0 aliphatic carbocycles. The number of aryl methyl sites for hydroxylation is 1. The Kier molecular flexibility index (Phi) is 4.12. The van der Waals surface area contributed by atoms with Crippen LogP contribution in [0.2, 0.25) is 0 Å². The van der Waals surface area contributed by atoms with Crippen molar-refractivity contribution in [3.63, 3.8) is 0 Å². The maximum absolute atomic E-state index is 12.3. The molecule has 2 rings (SSSR count). The van der Waals surface area contributed by atoms with Crippen molar-refractivity contribution in [2.24, 2.45) is 0 Å². The fourth-order valence-electron chi connectivity index (χ4n) is 1.69. The Morgan fingerprint density at radius 2 is 2.00 bits per heavy atom. The van der Waals surface area contributed by atoms with E-state index in [0.29, 0.717) is 0 Å². The Hall–Kier alpha value is -1.06. The second kappa shape index (κ2) is 5.38. The SMILES string of the molecule is Cc1nc2ccc(S(=O)(=O)NC(C)(CO)CO)cc2s1. The summed E-state index contributed by atoms with van der Waals surface area (Å²) >= 11 is 1.41. The van der Waals surface area contributed by atoms with Gasteiger partial charge in [0.2, 0.25) is 10.0 Å². The number of aliphatic hydroxyl groups excluding tert-OH is 2. The van der Waals surface area contributed by atoms with E-state index in [1.165, 1.54) is 30.4 Å². The van der Waals surface area contributed by atoms with Crippen molar-refractivity contribution in [2.75, 3.05) is 13.2 Å². The van der Waals surface area contributed by atoms with Gasteiger partial charge in [0.05, 0.1) is 38.9 Å². The molecule has 6 nitrogen and oxygen atoms in total. The van der Waals surface area contributed by atoms with Crippen molar-refractivity contribution in [2.45, 2.75) is 24.3 Å². The molecular weight excluding hydrogens is 300 g/mol. The third-order valence-corrected chi connectivity index (χ3v) is 5.43. The van der Waals surface area contributed by atoms with E-state index in [0.717, 1.165) is 15.2 Å². The second-order valence-electron chi connectivity index (χ2n) is 4.84. The van der Waals surface area contributed by atoms with Crippen LogP contribution in [0.4, 0.5) is 0 Å². The molecule has 0 saturated heterocycles. The number of fused-ring (bicyclic) bond motifs is 1. The highest BCUT2D eigenvalue weighted by atomic mass is 32.2. The molecule has 3 N–H and O–H groups in total. The lowest BCUT2D eigenvalue weighted by Gasteiger charge is -2.25. The number of hydrogen-bond donors (Lipinski definition) is 3. The van der Waals surface area contributed by atoms with Crippen LogP contribution in [0, 0.1) is 6.92 Å². The number of nitrogens with one attached hydrogen (secondary N) is 1. The van der Waals surface area contributed by atoms with Gasteiger partial charge < -0.3 is 10.2 Å². The van der Waals surface area contributed by atoms with E-state index in [1.54, 1.807) is 6.07 Å². The molecule has 0 aliphatic rings. The summed E-state index contributed by atoms with van der Waals surface area (Å²) in [5, 5.41) is 19.2. The maximum Gasteiger partial charge on any atom is 0.241 e. The Bertz CT molecular complexity index is 720. The third-order valence-electron chi connectivity index (χ3n) is 2.86. The highest BCUT2D eigenvalue weighted by Crippen LogP contribution is 2.25. The molecule has 0 amide bonds. The van der Waals surface area contributed by atoms with Crippen molar-refractivity contribution in [1.82, 2.24) is 9.71 Å². The fraction of sp³-hybridized carbons (Fsp3) is 0.417. The summed E-state index contributed by atoms with van der Waals surface area (Å²) in [5.74, 6) is 0. The monoisotopic (exact) mass is 316 g/mol. The fourth-order valence-corrected chi connectivity index (χ4v) is 4.04. The summed E-state index contributed by atoms with van der Waals surface area (Å²) in [6.45, 7) is 2.29. The molecule has 8 heteroatoms. The van der Waals surface area contributed by atoms with Gasteiger partial charge in [-0.05, 0) is 32.0 Å². The summed E-state index contributed by atoms with van der Waals surface area (Å²) in [6, 6.07) is 4.64. The summed E-state index contributed by atoms with van der Waals surface area (Å²) in [6.07, 6.45) is 0. The first-order valence-electron chi connectivity index (χ1n) is 5.92. The van der Waals surface area contributed by atoms with Gasteiger partial charge in [-0.1, -0.05) is 0 Å². The number of hydrogen-bond acceptors (Lipinski definition) is 6. The lowest BCUT2D eigenvalue weighted by atomic mass is 10.1. The third kappa shape index (κ3) is 2.99. The topological polar surface area (TPSA) is 99.5 Å². The first-order chi connectivity index (χ1) is 9.29. The van der Waals surface area contributed by atoms with Crippen LogP contribution in [-0.2, 0) is 10.0 Å². The van der Waals surface area contributed by atoms with Crippen LogP contribution in [0.5, 0.6) is 0 Å². The van der Waals surface area contributed by atoms with Gasteiger partial charge in [0.25, 0.3) is 0 Å². The van der Waals surface area contributed by atoms with Gasteiger partial charge >= 0.3 is 0 Å². The van der Waals surface area contributed by atoms with Gasteiger partial charge in [-0.2, -0.15) is 0 Å². The van der Waals surface area contributed by atoms with E-state index >= 15 is 0 Å². The molecule has 0 fully saturated rings. The molecule has 20 heavy (non-hydrogen) atoms. The maximum atomic E-state index is 12.3. The van der Waals surface area contributed by atoms with E-state index < -0.39 is 28.8 Å². The van der Waals surface area contributed by atoms with Crippen LogP contribution in [-0.4, -0.2) is 42.4 Å². The van der Waals surface area contributed by atoms with E-state index in [-0.39, 0.29) is 4.90 Å². The van der Waals surface area contributed by atoms with Crippen molar-refractivity contribution >= 4 is 31.6 Å². The minimum atomic E-state index is -3.82. The molecule has 2 aromatic rings. The van der Waals surface area contributed by atoms with Crippen LogP contribution in [0.15, 0.2) is 23.1 Å². The number of benzene rings is 1. The van der Waals surface area contributed by atoms with E-state index in [9.17, 15) is 18.6 Å². The first-order valence-corrected chi connectivity index (χ1v) is 8.22. The molecule has 110 valence electrons. The smallest absolute Gasteiger partial charge is 0.241 e. The van der Waals surface area contributed by atoms with Crippen molar-refractivity contribution in [3.05, 3.63) is 23.2 Å². The summed E-state index contributed by atoms with van der Waals surface area (Å²) < 4.78 is 27.6. The molecule has 0 saturated carbocycles. The second-order valence-corrected chi connectivity index (χ2v) is 7.76. The normalized spacial score (nSPS) is 13.0. The van der Waals surface area contributed by atoms with Crippen LogP contribution < -0.4 is 4.72 Å². The zero-order chi connectivity index (χ0) is 15.0. The minimum absolute atomic E-state index is 0.0850. The summed E-state index contributed by atoms with van der Waals surface area (Å²) in [7, 11) is -3.82. The zero-order valence-electron chi connectivity index (χ0n) is 11.1. The van der Waals surface area contributed by atoms with E-state index in [2.05, 4.69) is 9.71 Å². The average molecular weight is 316 g/mol. The molecule has 0 atom stereocenters. The van der Waals surface area contributed by atoms with Gasteiger partial charge in [-0.3, -0.25) is 0 Å². The van der Waals surface area contributed by atoms with Gasteiger partial charge in [-0.25, -0.2) is 18.1 Å². The van der Waals surface area contributed by atoms with Gasteiger partial charge in [0, 0.05) is 0 Å². The largest absolute Gasteiger partial charge is 0.394 e. The molecule has 0 spiro atoms. The quantitative estimate of drug-likeness (QED) is 0.751. The van der Waals surface area contributed by atoms with Gasteiger partial charge in [0.15, 0.2) is 0 Å². The molecule has 1 heterocycles. The number of aliphatic hydroxyl groups is 2. The van der Waals surface area contributed by atoms with Crippen LogP contribution in [0.25, 0.3) is 10.2 Å². The standard InChI is InChI=1S/C12H16N2O4S2/c1-8-13-10-4-3-9(5-11(10)19-8)20(17,18)14-12(2,6-15)7-16/h3-5,14-16H,6-7H2,1-2H3. The Morgan fingerprint density at radius 1 is 1.35 bits per heavy atom. The van der Waals surface area contributed by atoms with Crippen molar-refractivity contribution < 1.29 is 18.6 Å². The Morgan fingerprint density at radius 3 is 2.60 bits per heavy atom. The average Bonchev–Trinajstić information content (AvgIpc) is 2.77. The number of sulfonamides is 1. The highest BCUT2D eigenvalue weighted by Gasteiger charge is 2.29. The number of nitrogens with zero attached hydrogens (tertiary/aromatic N) is 1. The molecule has 0 bridgehead atoms. The number of aromatic nitrogens is 1. The number of rotatable bonds is 5. The molecule has 0 unspecified atom stereocenters. The van der Waals surface area contributed by atoms with Gasteiger partial charge in [0.1, 0.15) is 0 Å². The van der Waals surface area contributed by atoms with Crippen molar-refractivity contribution in [1.29, 1.82) is 0 Å². The zero-order valence-corrected chi connectivity index (χ0v) is 12.8. The lowest BCUT2D eigenvalue weighted by molar-refractivity contribution is 0.122. The number of thiazole rings is 1. The minimum Gasteiger partial charge on any atom is -0.394 e. The first kappa shape index (κ1) is 15.3. The Labute approximate surface area is 121 Å². The predicted molar refractivity (Wildman–Crippen MR) is 77.3 cm³/mol. The lowest BCUT2D eigenvalue weighted by Crippen LogP contribution is -2.51. The Balaban J connectivity index is 2.41. The van der Waals surface area contributed by atoms with E-state index in [4.69, 9.17) is 0 Å². The molecule has 0 radical (unpaired) electrons. The van der Waals surface area contributed by atoms with E-state index in [1.807, 2.05) is 6.92 Å². The van der Waals surface area contributed by atoms with Crippen LogP contribution >= 0.6 is 11.3 Å². The summed E-state index contributed by atoms with van der Waals surface area (Å²) in [5.41, 5.74) is -0.546. The molecular formula is C12H16N2O4S2. The molecule has 1 aromatic heterocycles. The predicted octanol–water partition coefficient (Wildman–Crippen LogP) is 0.626.